The Morgan fingerprint density at radius 1 is 1.46 bits per heavy atom. The second-order valence-electron chi connectivity index (χ2n) is 3.68. The van der Waals surface area contributed by atoms with Gasteiger partial charge in [-0.15, -0.1) is 6.58 Å². The molecule has 0 saturated carbocycles. The van der Waals surface area contributed by atoms with E-state index in [4.69, 9.17) is 11.6 Å². The molecule has 0 saturated heterocycles. The number of allylic oxidation sites excluding steroid dienone is 1. The summed E-state index contributed by atoms with van der Waals surface area (Å²) in [5.41, 5.74) is 2.79. The summed E-state index contributed by atoms with van der Waals surface area (Å²) in [5, 5.41) is 0.934. The molecule has 0 aromatic heterocycles. The van der Waals surface area contributed by atoms with Crippen LogP contribution in [0.5, 0.6) is 0 Å². The van der Waals surface area contributed by atoms with Gasteiger partial charge in [0.05, 0.1) is 0 Å². The minimum atomic E-state index is 0.729. The fraction of sp³-hybridized carbons (Fsp3) is 0.333. The molecule has 1 aromatic carbocycles. The first-order valence-electron chi connectivity index (χ1n) is 4.68. The van der Waals surface area contributed by atoms with E-state index in [0.29, 0.717) is 0 Å². The lowest BCUT2D eigenvalue weighted by atomic mass is 10.0. The van der Waals surface area contributed by atoms with E-state index < -0.39 is 0 Å². The van der Waals surface area contributed by atoms with Gasteiger partial charge >= 0.3 is 0 Å². The monoisotopic (exact) mass is 192 g/mol. The van der Waals surface area contributed by atoms with Crippen molar-refractivity contribution in [3.63, 3.8) is 0 Å². The van der Waals surface area contributed by atoms with Crippen LogP contribution in [-0.2, 0) is 12.8 Å². The van der Waals surface area contributed by atoms with Crippen LogP contribution < -0.4 is 0 Å². The average Bonchev–Trinajstić information content (AvgIpc) is 2.49. The molecule has 1 atom stereocenters. The third-order valence-corrected chi connectivity index (χ3v) is 3.07. The first-order valence-corrected chi connectivity index (χ1v) is 5.06. The largest absolute Gasteiger partial charge is 0.103 e. The average molecular weight is 193 g/mol. The van der Waals surface area contributed by atoms with Crippen molar-refractivity contribution in [3.8, 4) is 0 Å². The third-order valence-electron chi connectivity index (χ3n) is 2.72. The summed E-state index contributed by atoms with van der Waals surface area (Å²) in [4.78, 5) is 0. The molecule has 1 heteroatoms. The standard InChI is InChI=1S/C12H13Cl/c1-2-4-9-7-10-5-3-6-12(13)11(10)8-9/h2-3,5-6,9H,1,4,7-8H2. The molecule has 13 heavy (non-hydrogen) atoms. The van der Waals surface area contributed by atoms with Crippen LogP contribution in [0.3, 0.4) is 0 Å². The molecule has 1 aromatic rings. The molecule has 0 heterocycles. The molecule has 0 fully saturated rings. The molecule has 0 aliphatic heterocycles. The number of benzene rings is 1. The first-order chi connectivity index (χ1) is 6.31. The van der Waals surface area contributed by atoms with Crippen molar-refractivity contribution in [2.75, 3.05) is 0 Å². The molecule has 0 bridgehead atoms. The van der Waals surface area contributed by atoms with Crippen molar-refractivity contribution in [1.82, 2.24) is 0 Å². The van der Waals surface area contributed by atoms with Crippen molar-refractivity contribution in [2.24, 2.45) is 5.92 Å². The molecule has 0 N–H and O–H groups in total. The fourth-order valence-corrected chi connectivity index (χ4v) is 2.37. The first kappa shape index (κ1) is 8.83. The van der Waals surface area contributed by atoms with Crippen molar-refractivity contribution in [2.45, 2.75) is 19.3 Å². The minimum Gasteiger partial charge on any atom is -0.103 e. The number of rotatable bonds is 2. The van der Waals surface area contributed by atoms with E-state index in [1.165, 1.54) is 17.5 Å². The van der Waals surface area contributed by atoms with E-state index in [0.717, 1.165) is 23.8 Å². The molecule has 2 rings (SSSR count). The molecule has 0 amide bonds. The third kappa shape index (κ3) is 1.64. The Morgan fingerprint density at radius 2 is 2.31 bits per heavy atom. The number of fused-ring (bicyclic) bond motifs is 1. The van der Waals surface area contributed by atoms with E-state index in [2.05, 4.69) is 12.6 Å². The van der Waals surface area contributed by atoms with Crippen molar-refractivity contribution in [1.29, 1.82) is 0 Å². The second kappa shape index (κ2) is 3.55. The zero-order valence-corrected chi connectivity index (χ0v) is 8.35. The Bertz CT molecular complexity index is 328. The van der Waals surface area contributed by atoms with Gasteiger partial charge in [0.2, 0.25) is 0 Å². The van der Waals surface area contributed by atoms with Gasteiger partial charge in [0.25, 0.3) is 0 Å². The summed E-state index contributed by atoms with van der Waals surface area (Å²) >= 11 is 6.11. The maximum atomic E-state index is 6.11. The Hall–Kier alpha value is -0.750. The summed E-state index contributed by atoms with van der Waals surface area (Å²) in [7, 11) is 0. The molecule has 1 aliphatic rings. The van der Waals surface area contributed by atoms with Crippen LogP contribution >= 0.6 is 11.6 Å². The van der Waals surface area contributed by atoms with E-state index in [9.17, 15) is 0 Å². The Kier molecular flexibility index (Phi) is 2.41. The maximum Gasteiger partial charge on any atom is 0.0440 e. The Balaban J connectivity index is 2.24. The van der Waals surface area contributed by atoms with Crippen LogP contribution in [0, 0.1) is 5.92 Å². The van der Waals surface area contributed by atoms with E-state index in [1.54, 1.807) is 0 Å². The van der Waals surface area contributed by atoms with Crippen LogP contribution in [0.1, 0.15) is 17.5 Å². The SMILES string of the molecule is C=CCC1Cc2cccc(Cl)c2C1. The van der Waals surface area contributed by atoms with Gasteiger partial charge in [-0.1, -0.05) is 29.8 Å². The summed E-state index contributed by atoms with van der Waals surface area (Å²) < 4.78 is 0. The highest BCUT2D eigenvalue weighted by Gasteiger charge is 2.21. The van der Waals surface area contributed by atoms with Crippen molar-refractivity contribution < 1.29 is 0 Å². The van der Waals surface area contributed by atoms with Gasteiger partial charge in [-0.05, 0) is 42.4 Å². The topological polar surface area (TPSA) is 0 Å². The molecule has 1 aliphatic carbocycles. The zero-order chi connectivity index (χ0) is 9.26. The number of hydrogen-bond acceptors (Lipinski definition) is 0. The van der Waals surface area contributed by atoms with Gasteiger partial charge < -0.3 is 0 Å². The van der Waals surface area contributed by atoms with E-state index >= 15 is 0 Å². The lowest BCUT2D eigenvalue weighted by Gasteiger charge is -2.02. The van der Waals surface area contributed by atoms with Crippen LogP contribution in [-0.4, -0.2) is 0 Å². The quantitative estimate of drug-likeness (QED) is 0.628. The Morgan fingerprint density at radius 3 is 3.00 bits per heavy atom. The zero-order valence-electron chi connectivity index (χ0n) is 7.59. The molecule has 68 valence electrons. The summed E-state index contributed by atoms with van der Waals surface area (Å²) in [6, 6.07) is 6.21. The van der Waals surface area contributed by atoms with Crippen molar-refractivity contribution in [3.05, 3.63) is 47.0 Å². The normalized spacial score (nSPS) is 19.9. The van der Waals surface area contributed by atoms with Crippen LogP contribution in [0.2, 0.25) is 5.02 Å². The lowest BCUT2D eigenvalue weighted by Crippen LogP contribution is -1.96. The molecule has 1 unspecified atom stereocenters. The van der Waals surface area contributed by atoms with Gasteiger partial charge in [-0.25, -0.2) is 0 Å². The number of hydrogen-bond donors (Lipinski definition) is 0. The maximum absolute atomic E-state index is 6.11. The van der Waals surface area contributed by atoms with Gasteiger partial charge in [0, 0.05) is 5.02 Å². The van der Waals surface area contributed by atoms with E-state index in [-0.39, 0.29) is 0 Å². The summed E-state index contributed by atoms with van der Waals surface area (Å²) in [5.74, 6) is 0.729. The predicted molar refractivity (Wildman–Crippen MR) is 57.2 cm³/mol. The predicted octanol–water partition coefficient (Wildman–Crippen LogP) is 3.63. The van der Waals surface area contributed by atoms with Crippen LogP contribution in [0.4, 0.5) is 0 Å². The van der Waals surface area contributed by atoms with Crippen LogP contribution in [0.25, 0.3) is 0 Å². The molecule has 0 radical (unpaired) electrons. The summed E-state index contributed by atoms with van der Waals surface area (Å²) in [6.45, 7) is 3.78. The highest BCUT2D eigenvalue weighted by Crippen LogP contribution is 2.33. The van der Waals surface area contributed by atoms with E-state index in [1.807, 2.05) is 18.2 Å². The molecular formula is C12H13Cl. The number of halogens is 1. The highest BCUT2D eigenvalue weighted by atomic mass is 35.5. The van der Waals surface area contributed by atoms with Gasteiger partial charge in [-0.2, -0.15) is 0 Å². The highest BCUT2D eigenvalue weighted by molar-refractivity contribution is 6.31. The van der Waals surface area contributed by atoms with Crippen molar-refractivity contribution >= 4 is 11.6 Å². The van der Waals surface area contributed by atoms with Crippen LogP contribution in [0.15, 0.2) is 30.9 Å². The minimum absolute atomic E-state index is 0.729. The summed E-state index contributed by atoms with van der Waals surface area (Å²) in [6.07, 6.45) is 5.40. The Labute approximate surface area is 84.2 Å². The van der Waals surface area contributed by atoms with Gasteiger partial charge in [0.15, 0.2) is 0 Å². The molecular weight excluding hydrogens is 180 g/mol. The second-order valence-corrected chi connectivity index (χ2v) is 4.08. The lowest BCUT2D eigenvalue weighted by molar-refractivity contribution is 0.572. The smallest absolute Gasteiger partial charge is 0.0440 e. The van der Waals surface area contributed by atoms with Gasteiger partial charge in [-0.3, -0.25) is 0 Å². The fourth-order valence-electron chi connectivity index (χ4n) is 2.10. The van der Waals surface area contributed by atoms with Gasteiger partial charge in [0.1, 0.15) is 0 Å². The molecule has 0 spiro atoms. The molecule has 0 nitrogen and oxygen atoms in total.